The van der Waals surface area contributed by atoms with Crippen LogP contribution in [0.2, 0.25) is 0 Å². The van der Waals surface area contributed by atoms with E-state index in [1.165, 1.54) is 0 Å². The molecule has 0 aliphatic carbocycles. The van der Waals surface area contributed by atoms with Gasteiger partial charge in [0.2, 0.25) is 10.0 Å². The van der Waals surface area contributed by atoms with E-state index in [1.807, 2.05) is 0 Å². The molecule has 0 aliphatic rings. The topological polar surface area (TPSA) is 72.2 Å². The Morgan fingerprint density at radius 1 is 1.19 bits per heavy atom. The van der Waals surface area contributed by atoms with Crippen LogP contribution in [-0.4, -0.2) is 26.3 Å². The van der Waals surface area contributed by atoms with Crippen LogP contribution in [0.1, 0.15) is 52.9 Å². The highest BCUT2D eigenvalue weighted by Crippen LogP contribution is 2.09. The Morgan fingerprint density at radius 2 is 1.81 bits per heavy atom. The average molecular weight is 250 g/mol. The van der Waals surface area contributed by atoms with Gasteiger partial charge in [-0.05, 0) is 19.8 Å². The third kappa shape index (κ3) is 5.82. The molecule has 0 amide bonds. The molecule has 0 bridgehead atoms. The molecule has 16 heavy (non-hydrogen) atoms. The van der Waals surface area contributed by atoms with Crippen molar-refractivity contribution in [1.82, 2.24) is 4.72 Å². The minimum absolute atomic E-state index is 0.0731. The van der Waals surface area contributed by atoms with E-state index in [0.29, 0.717) is 0 Å². The van der Waals surface area contributed by atoms with Gasteiger partial charge < -0.3 is 5.73 Å². The van der Waals surface area contributed by atoms with Crippen molar-refractivity contribution in [3.63, 3.8) is 0 Å². The Kier molecular flexibility index (Phi) is 7.97. The normalized spacial score (nSPS) is 16.0. The number of hydrogen-bond acceptors (Lipinski definition) is 3. The van der Waals surface area contributed by atoms with Crippen molar-refractivity contribution in [2.75, 3.05) is 6.54 Å². The summed E-state index contributed by atoms with van der Waals surface area (Å²) in [5.74, 6) is 0. The first kappa shape index (κ1) is 15.9. The van der Waals surface area contributed by atoms with Crippen LogP contribution < -0.4 is 10.5 Å². The molecule has 3 N–H and O–H groups in total. The van der Waals surface area contributed by atoms with Gasteiger partial charge in [-0.1, -0.05) is 33.1 Å². The second-order valence-corrected chi connectivity index (χ2v) is 6.47. The molecule has 0 aromatic carbocycles. The number of nitrogens with one attached hydrogen (secondary N) is 1. The van der Waals surface area contributed by atoms with Crippen molar-refractivity contribution in [3.8, 4) is 0 Å². The maximum atomic E-state index is 11.8. The molecule has 0 aromatic rings. The fourth-order valence-corrected chi connectivity index (χ4v) is 2.72. The Bertz CT molecular complexity index is 265. The molecule has 5 heteroatoms. The van der Waals surface area contributed by atoms with Gasteiger partial charge in [-0.25, -0.2) is 13.1 Å². The summed E-state index contributed by atoms with van der Waals surface area (Å²) in [7, 11) is -3.24. The van der Waals surface area contributed by atoms with Crippen LogP contribution in [-0.2, 0) is 10.0 Å². The number of unbranched alkanes of at least 4 members (excludes halogenated alkanes) is 1. The minimum Gasteiger partial charge on any atom is -0.329 e. The van der Waals surface area contributed by atoms with Crippen molar-refractivity contribution in [2.24, 2.45) is 5.73 Å². The van der Waals surface area contributed by atoms with Crippen LogP contribution in [0.15, 0.2) is 0 Å². The smallest absolute Gasteiger partial charge is 0.215 e. The summed E-state index contributed by atoms with van der Waals surface area (Å²) >= 11 is 0. The van der Waals surface area contributed by atoms with E-state index < -0.39 is 15.3 Å². The Morgan fingerprint density at radius 3 is 2.25 bits per heavy atom. The fraction of sp³-hybridized carbons (Fsp3) is 1.00. The van der Waals surface area contributed by atoms with Crippen LogP contribution in [0.5, 0.6) is 0 Å². The lowest BCUT2D eigenvalue weighted by atomic mass is 10.1. The minimum atomic E-state index is -3.24. The molecule has 0 spiro atoms. The SMILES string of the molecule is CCCCC(CCC)NS(=O)(=O)C(C)CN. The van der Waals surface area contributed by atoms with E-state index >= 15 is 0 Å². The molecule has 2 atom stereocenters. The molecule has 98 valence electrons. The molecule has 0 radical (unpaired) electrons. The lowest BCUT2D eigenvalue weighted by Crippen LogP contribution is -2.42. The third-order valence-corrected chi connectivity index (χ3v) is 4.65. The summed E-state index contributed by atoms with van der Waals surface area (Å²) in [6.07, 6.45) is 4.96. The van der Waals surface area contributed by atoms with E-state index in [-0.39, 0.29) is 12.6 Å². The summed E-state index contributed by atoms with van der Waals surface area (Å²) in [5.41, 5.74) is 5.39. The van der Waals surface area contributed by atoms with Gasteiger partial charge in [-0.15, -0.1) is 0 Å². The highest BCUT2D eigenvalue weighted by Gasteiger charge is 2.22. The first-order valence-corrected chi connectivity index (χ1v) is 7.73. The molecular weight excluding hydrogens is 224 g/mol. The number of sulfonamides is 1. The van der Waals surface area contributed by atoms with Crippen LogP contribution in [0.3, 0.4) is 0 Å². The monoisotopic (exact) mass is 250 g/mol. The molecule has 0 heterocycles. The highest BCUT2D eigenvalue weighted by molar-refractivity contribution is 7.90. The average Bonchev–Trinajstić information content (AvgIpc) is 2.24. The number of hydrogen-bond donors (Lipinski definition) is 2. The summed E-state index contributed by atoms with van der Waals surface area (Å²) in [6.45, 7) is 5.99. The molecule has 2 unspecified atom stereocenters. The first-order valence-electron chi connectivity index (χ1n) is 6.19. The van der Waals surface area contributed by atoms with E-state index in [4.69, 9.17) is 5.73 Å². The predicted molar refractivity (Wildman–Crippen MR) is 68.8 cm³/mol. The molecule has 0 aliphatic heterocycles. The van der Waals surface area contributed by atoms with Crippen LogP contribution >= 0.6 is 0 Å². The van der Waals surface area contributed by atoms with E-state index in [0.717, 1.165) is 32.1 Å². The van der Waals surface area contributed by atoms with E-state index in [1.54, 1.807) is 6.92 Å². The summed E-state index contributed by atoms with van der Waals surface area (Å²) in [4.78, 5) is 0. The van der Waals surface area contributed by atoms with Gasteiger partial charge in [0.25, 0.3) is 0 Å². The quantitative estimate of drug-likeness (QED) is 0.653. The zero-order chi connectivity index (χ0) is 12.6. The zero-order valence-electron chi connectivity index (χ0n) is 10.7. The second-order valence-electron chi connectivity index (χ2n) is 4.34. The molecule has 0 rings (SSSR count). The lowest BCUT2D eigenvalue weighted by molar-refractivity contribution is 0.479. The van der Waals surface area contributed by atoms with Gasteiger partial charge in [0.1, 0.15) is 0 Å². The maximum absolute atomic E-state index is 11.8. The molecule has 0 saturated heterocycles. The summed E-state index contributed by atoms with van der Waals surface area (Å²) in [5, 5.41) is -0.506. The van der Waals surface area contributed by atoms with Gasteiger partial charge in [0, 0.05) is 12.6 Å². The predicted octanol–water partition coefficient (Wildman–Crippen LogP) is 1.61. The Balaban J connectivity index is 4.36. The van der Waals surface area contributed by atoms with Gasteiger partial charge in [0.05, 0.1) is 5.25 Å². The van der Waals surface area contributed by atoms with Crippen molar-refractivity contribution in [2.45, 2.75) is 64.2 Å². The third-order valence-electron chi connectivity index (χ3n) is 2.74. The van der Waals surface area contributed by atoms with Crippen molar-refractivity contribution >= 4 is 10.0 Å². The fourth-order valence-electron chi connectivity index (χ4n) is 1.54. The molecule has 0 saturated carbocycles. The Labute approximate surface area is 100 Å². The van der Waals surface area contributed by atoms with Crippen molar-refractivity contribution in [3.05, 3.63) is 0 Å². The maximum Gasteiger partial charge on any atom is 0.215 e. The molecule has 0 fully saturated rings. The lowest BCUT2D eigenvalue weighted by Gasteiger charge is -2.20. The summed E-state index contributed by atoms with van der Waals surface area (Å²) in [6, 6.07) is 0.0731. The number of rotatable bonds is 9. The first-order chi connectivity index (χ1) is 7.47. The summed E-state index contributed by atoms with van der Waals surface area (Å²) < 4.78 is 26.4. The standard InChI is InChI=1S/C11H26N2O2S/c1-4-6-8-11(7-5-2)13-16(14,15)10(3)9-12/h10-11,13H,4-9,12H2,1-3H3. The largest absolute Gasteiger partial charge is 0.329 e. The Hall–Kier alpha value is -0.130. The van der Waals surface area contributed by atoms with Crippen molar-refractivity contribution in [1.29, 1.82) is 0 Å². The van der Waals surface area contributed by atoms with E-state index in [2.05, 4.69) is 18.6 Å². The van der Waals surface area contributed by atoms with Gasteiger partial charge in [-0.2, -0.15) is 0 Å². The molecular formula is C11H26N2O2S. The van der Waals surface area contributed by atoms with Gasteiger partial charge in [-0.3, -0.25) is 0 Å². The van der Waals surface area contributed by atoms with E-state index in [9.17, 15) is 8.42 Å². The molecule has 0 aromatic heterocycles. The van der Waals surface area contributed by atoms with Crippen LogP contribution in [0.4, 0.5) is 0 Å². The zero-order valence-corrected chi connectivity index (χ0v) is 11.5. The highest BCUT2D eigenvalue weighted by atomic mass is 32.2. The van der Waals surface area contributed by atoms with Crippen molar-refractivity contribution < 1.29 is 8.42 Å². The number of nitrogens with two attached hydrogens (primary N) is 1. The van der Waals surface area contributed by atoms with Crippen LogP contribution in [0, 0.1) is 0 Å². The second kappa shape index (κ2) is 8.03. The van der Waals surface area contributed by atoms with Gasteiger partial charge >= 0.3 is 0 Å². The van der Waals surface area contributed by atoms with Crippen LogP contribution in [0.25, 0.3) is 0 Å². The van der Waals surface area contributed by atoms with Gasteiger partial charge in [0.15, 0.2) is 0 Å². The molecule has 4 nitrogen and oxygen atoms in total.